The molecule has 0 aliphatic heterocycles. The number of carbonyl (C=O) groups is 3. The number of carboxylic acids is 1. The van der Waals surface area contributed by atoms with Gasteiger partial charge in [0.15, 0.2) is 0 Å². The van der Waals surface area contributed by atoms with Crippen molar-refractivity contribution in [1.82, 2.24) is 15.1 Å². The van der Waals surface area contributed by atoms with E-state index < -0.39 is 18.0 Å². The number of rotatable bonds is 8. The molecule has 20 heavy (non-hydrogen) atoms. The van der Waals surface area contributed by atoms with Crippen molar-refractivity contribution in [1.29, 1.82) is 0 Å². The Bertz CT molecular complexity index is 345. The van der Waals surface area contributed by atoms with Gasteiger partial charge in [0.25, 0.3) is 0 Å². The summed E-state index contributed by atoms with van der Waals surface area (Å²) in [6.45, 7) is 4.07. The molecule has 0 rings (SSSR count). The average Bonchev–Trinajstić information content (AvgIpc) is 2.34. The Morgan fingerprint density at radius 3 is 2.20 bits per heavy atom. The van der Waals surface area contributed by atoms with Crippen molar-refractivity contribution in [3.8, 4) is 0 Å². The van der Waals surface area contributed by atoms with Crippen LogP contribution < -0.4 is 5.32 Å². The fourth-order valence-corrected chi connectivity index (χ4v) is 1.68. The van der Waals surface area contributed by atoms with Gasteiger partial charge in [-0.05, 0) is 13.3 Å². The zero-order valence-corrected chi connectivity index (χ0v) is 12.7. The van der Waals surface area contributed by atoms with E-state index in [0.717, 1.165) is 6.42 Å². The molecule has 116 valence electrons. The maximum atomic E-state index is 12.1. The molecule has 7 heteroatoms. The van der Waals surface area contributed by atoms with Gasteiger partial charge in [-0.2, -0.15) is 0 Å². The van der Waals surface area contributed by atoms with E-state index in [-0.39, 0.29) is 18.9 Å². The Labute approximate surface area is 119 Å². The highest BCUT2D eigenvalue weighted by molar-refractivity contribution is 5.84. The van der Waals surface area contributed by atoms with Gasteiger partial charge in [0.2, 0.25) is 5.91 Å². The van der Waals surface area contributed by atoms with Crippen molar-refractivity contribution in [2.45, 2.75) is 39.2 Å². The molecule has 0 aromatic carbocycles. The average molecular weight is 287 g/mol. The van der Waals surface area contributed by atoms with Crippen LogP contribution in [-0.4, -0.2) is 66.0 Å². The minimum absolute atomic E-state index is 0.0126. The summed E-state index contributed by atoms with van der Waals surface area (Å²) in [6, 6.07) is -0.809. The summed E-state index contributed by atoms with van der Waals surface area (Å²) in [5.41, 5.74) is 0. The second kappa shape index (κ2) is 9.17. The number of carbonyl (C=O) groups excluding carboxylic acids is 2. The van der Waals surface area contributed by atoms with E-state index in [1.807, 2.05) is 6.92 Å². The normalized spacial score (nSPS) is 11.6. The lowest BCUT2D eigenvalue weighted by Gasteiger charge is -2.25. The lowest BCUT2D eigenvalue weighted by atomic mass is 10.1. The summed E-state index contributed by atoms with van der Waals surface area (Å²) < 4.78 is 0. The molecular formula is C13H25N3O4. The van der Waals surface area contributed by atoms with Gasteiger partial charge in [-0.15, -0.1) is 0 Å². The van der Waals surface area contributed by atoms with Crippen LogP contribution in [0.4, 0.5) is 4.79 Å². The summed E-state index contributed by atoms with van der Waals surface area (Å²) in [5, 5.41) is 11.5. The lowest BCUT2D eigenvalue weighted by Crippen LogP contribution is -2.48. The van der Waals surface area contributed by atoms with Crippen LogP contribution in [0.25, 0.3) is 0 Å². The van der Waals surface area contributed by atoms with Crippen LogP contribution in [0.3, 0.4) is 0 Å². The van der Waals surface area contributed by atoms with Crippen LogP contribution in [0, 0.1) is 0 Å². The molecule has 0 spiro atoms. The van der Waals surface area contributed by atoms with E-state index in [9.17, 15) is 14.4 Å². The summed E-state index contributed by atoms with van der Waals surface area (Å²) in [5.74, 6) is -1.12. The molecule has 3 amide bonds. The van der Waals surface area contributed by atoms with Gasteiger partial charge in [0, 0.05) is 26.7 Å². The van der Waals surface area contributed by atoms with Crippen LogP contribution in [0.1, 0.15) is 33.1 Å². The van der Waals surface area contributed by atoms with Gasteiger partial charge in [-0.3, -0.25) is 9.59 Å². The fourth-order valence-electron chi connectivity index (χ4n) is 1.68. The van der Waals surface area contributed by atoms with E-state index in [1.54, 1.807) is 21.0 Å². The number of urea groups is 1. The number of amides is 3. The molecule has 0 aliphatic carbocycles. The second-order valence-electron chi connectivity index (χ2n) is 4.84. The zero-order chi connectivity index (χ0) is 15.7. The van der Waals surface area contributed by atoms with Crippen molar-refractivity contribution < 1.29 is 19.5 Å². The van der Waals surface area contributed by atoms with Crippen molar-refractivity contribution in [2.75, 3.05) is 27.2 Å². The van der Waals surface area contributed by atoms with Crippen molar-refractivity contribution in [3.63, 3.8) is 0 Å². The number of hydrogen-bond acceptors (Lipinski definition) is 3. The number of nitrogens with zero attached hydrogens (tertiary/aromatic N) is 2. The molecule has 0 heterocycles. The van der Waals surface area contributed by atoms with Gasteiger partial charge >= 0.3 is 12.0 Å². The van der Waals surface area contributed by atoms with Crippen LogP contribution in [-0.2, 0) is 9.59 Å². The van der Waals surface area contributed by atoms with E-state index in [2.05, 4.69) is 5.32 Å². The van der Waals surface area contributed by atoms with Gasteiger partial charge in [-0.1, -0.05) is 13.3 Å². The van der Waals surface area contributed by atoms with Crippen molar-refractivity contribution in [2.24, 2.45) is 0 Å². The lowest BCUT2D eigenvalue weighted by molar-refractivity contribution is -0.137. The minimum atomic E-state index is -0.948. The van der Waals surface area contributed by atoms with Crippen molar-refractivity contribution >= 4 is 17.9 Å². The number of nitrogens with one attached hydrogen (secondary N) is 1. The third kappa shape index (κ3) is 6.96. The summed E-state index contributed by atoms with van der Waals surface area (Å²) >= 11 is 0. The zero-order valence-electron chi connectivity index (χ0n) is 12.7. The molecule has 0 saturated heterocycles. The first kappa shape index (κ1) is 18.2. The third-order valence-electron chi connectivity index (χ3n) is 2.88. The first-order valence-corrected chi connectivity index (χ1v) is 6.79. The molecule has 0 aromatic rings. The van der Waals surface area contributed by atoms with E-state index in [1.165, 1.54) is 9.80 Å². The van der Waals surface area contributed by atoms with E-state index in [0.29, 0.717) is 13.0 Å². The van der Waals surface area contributed by atoms with E-state index in [4.69, 9.17) is 5.11 Å². The van der Waals surface area contributed by atoms with Crippen LogP contribution in [0.2, 0.25) is 0 Å². The monoisotopic (exact) mass is 287 g/mol. The topological polar surface area (TPSA) is 90.0 Å². The highest BCUT2D eigenvalue weighted by Crippen LogP contribution is 2.03. The summed E-state index contributed by atoms with van der Waals surface area (Å²) in [4.78, 5) is 37.2. The molecule has 1 atom stereocenters. The Kier molecular flexibility index (Phi) is 8.35. The number of carboxylic acid groups (broad SMARTS) is 1. The van der Waals surface area contributed by atoms with Crippen LogP contribution >= 0.6 is 0 Å². The summed E-state index contributed by atoms with van der Waals surface area (Å²) in [7, 11) is 3.25. The Morgan fingerprint density at radius 1 is 1.20 bits per heavy atom. The maximum absolute atomic E-state index is 12.1. The van der Waals surface area contributed by atoms with E-state index >= 15 is 0 Å². The van der Waals surface area contributed by atoms with Crippen molar-refractivity contribution in [3.05, 3.63) is 0 Å². The number of aliphatic carboxylic acids is 1. The largest absolute Gasteiger partial charge is 0.481 e. The predicted molar refractivity (Wildman–Crippen MR) is 75.4 cm³/mol. The molecule has 0 aliphatic rings. The Morgan fingerprint density at radius 2 is 1.80 bits per heavy atom. The molecule has 1 unspecified atom stereocenters. The molecule has 0 radical (unpaired) electrons. The van der Waals surface area contributed by atoms with Gasteiger partial charge in [-0.25, -0.2) is 4.79 Å². The molecule has 0 fully saturated rings. The Balaban J connectivity index is 4.57. The molecule has 0 saturated carbocycles. The van der Waals surface area contributed by atoms with Gasteiger partial charge in [0.05, 0.1) is 6.42 Å². The van der Waals surface area contributed by atoms with Crippen LogP contribution in [0.5, 0.6) is 0 Å². The quantitative estimate of drug-likeness (QED) is 0.689. The maximum Gasteiger partial charge on any atom is 0.318 e. The first-order valence-electron chi connectivity index (χ1n) is 6.79. The first-order chi connectivity index (χ1) is 9.31. The standard InChI is InChI=1S/C13H25N3O4/c1-5-7-10(8-12(18)19)14-13(20)16(6-2)9-11(17)15(3)4/h10H,5-9H2,1-4H3,(H,14,20)(H,18,19). The molecule has 2 N–H and O–H groups in total. The molecule has 0 bridgehead atoms. The van der Waals surface area contributed by atoms with Crippen LogP contribution in [0.15, 0.2) is 0 Å². The molecule has 0 aromatic heterocycles. The highest BCUT2D eigenvalue weighted by atomic mass is 16.4. The smallest absolute Gasteiger partial charge is 0.318 e. The number of likely N-dealkylation sites (N-methyl/N-ethyl adjacent to an activating group) is 2. The highest BCUT2D eigenvalue weighted by Gasteiger charge is 2.20. The second-order valence-corrected chi connectivity index (χ2v) is 4.84. The SMILES string of the molecule is CCCC(CC(=O)O)NC(=O)N(CC)CC(=O)N(C)C. The summed E-state index contributed by atoms with van der Waals surface area (Å²) in [6.07, 6.45) is 1.26. The third-order valence-corrected chi connectivity index (χ3v) is 2.88. The predicted octanol–water partition coefficient (Wildman–Crippen LogP) is 0.750. The molecule has 7 nitrogen and oxygen atoms in total. The number of hydrogen-bond donors (Lipinski definition) is 2. The molecular weight excluding hydrogens is 262 g/mol. The Hall–Kier alpha value is -1.79. The van der Waals surface area contributed by atoms with Gasteiger partial charge in [0.1, 0.15) is 6.54 Å². The minimum Gasteiger partial charge on any atom is -0.481 e. The van der Waals surface area contributed by atoms with Gasteiger partial charge < -0.3 is 20.2 Å². The fraction of sp³-hybridized carbons (Fsp3) is 0.769.